The van der Waals surface area contributed by atoms with Crippen LogP contribution >= 0.6 is 15.9 Å². The molecule has 3 rings (SSSR count). The summed E-state index contributed by atoms with van der Waals surface area (Å²) in [6, 6.07) is 4.97. The van der Waals surface area contributed by atoms with Crippen LogP contribution in [0.5, 0.6) is 0 Å². The number of hydrogen-bond acceptors (Lipinski definition) is 3. The summed E-state index contributed by atoms with van der Waals surface area (Å²) in [6.45, 7) is 0.501. The summed E-state index contributed by atoms with van der Waals surface area (Å²) in [5.74, 6) is -0.769. The quantitative estimate of drug-likeness (QED) is 0.785. The van der Waals surface area contributed by atoms with Gasteiger partial charge in [0.1, 0.15) is 6.04 Å². The molecule has 0 radical (unpaired) electrons. The first kappa shape index (κ1) is 13.3. The van der Waals surface area contributed by atoms with Crippen LogP contribution in [0.15, 0.2) is 22.7 Å². The monoisotopic (exact) mass is 336 g/mol. The molecule has 2 heterocycles. The molecule has 0 spiro atoms. The maximum Gasteiger partial charge on any atom is 0.254 e. The van der Waals surface area contributed by atoms with Gasteiger partial charge in [0.25, 0.3) is 5.91 Å². The van der Waals surface area contributed by atoms with Gasteiger partial charge in [-0.25, -0.2) is 0 Å². The summed E-state index contributed by atoms with van der Waals surface area (Å²) >= 11 is 3.45. The standard InChI is InChI=1S/C14H13BrN2O3/c15-10-3-1-2-9-8(10)6-7-17(14(9)20)11-4-5-12(18)16-13(11)19/h1-3,11H,4-7H2,(H,16,18,19). The summed E-state index contributed by atoms with van der Waals surface area (Å²) < 4.78 is 0.922. The molecule has 20 heavy (non-hydrogen) atoms. The summed E-state index contributed by atoms with van der Waals surface area (Å²) in [6.07, 6.45) is 1.39. The van der Waals surface area contributed by atoms with E-state index in [2.05, 4.69) is 21.2 Å². The average molecular weight is 337 g/mol. The molecule has 0 aliphatic carbocycles. The first-order valence-electron chi connectivity index (χ1n) is 6.50. The topological polar surface area (TPSA) is 66.5 Å². The van der Waals surface area contributed by atoms with Crippen molar-refractivity contribution in [1.82, 2.24) is 10.2 Å². The highest BCUT2D eigenvalue weighted by atomic mass is 79.9. The van der Waals surface area contributed by atoms with Crippen molar-refractivity contribution in [3.8, 4) is 0 Å². The Morgan fingerprint density at radius 1 is 1.20 bits per heavy atom. The lowest BCUT2D eigenvalue weighted by atomic mass is 9.95. The van der Waals surface area contributed by atoms with E-state index in [1.165, 1.54) is 0 Å². The fourth-order valence-corrected chi connectivity index (χ4v) is 3.34. The fourth-order valence-electron chi connectivity index (χ4n) is 2.78. The Hall–Kier alpha value is -1.69. The number of fused-ring (bicyclic) bond motifs is 1. The highest BCUT2D eigenvalue weighted by Gasteiger charge is 2.37. The third kappa shape index (κ3) is 2.14. The van der Waals surface area contributed by atoms with Crippen molar-refractivity contribution < 1.29 is 14.4 Å². The van der Waals surface area contributed by atoms with Crippen LogP contribution in [-0.2, 0) is 16.0 Å². The second kappa shape index (κ2) is 5.01. The molecular formula is C14H13BrN2O3. The minimum Gasteiger partial charge on any atom is -0.326 e. The first-order chi connectivity index (χ1) is 9.58. The number of carbonyl (C=O) groups is 3. The molecule has 104 valence electrons. The molecule has 2 aliphatic heterocycles. The molecule has 1 N–H and O–H groups in total. The Kier molecular flexibility index (Phi) is 3.33. The fraction of sp³-hybridized carbons (Fsp3) is 0.357. The van der Waals surface area contributed by atoms with E-state index < -0.39 is 6.04 Å². The first-order valence-corrected chi connectivity index (χ1v) is 7.29. The largest absolute Gasteiger partial charge is 0.326 e. The third-order valence-corrected chi connectivity index (χ3v) is 4.54. The molecule has 5 nitrogen and oxygen atoms in total. The van der Waals surface area contributed by atoms with Crippen LogP contribution in [-0.4, -0.2) is 35.2 Å². The van der Waals surface area contributed by atoms with Crippen molar-refractivity contribution in [3.63, 3.8) is 0 Å². The number of halogens is 1. The van der Waals surface area contributed by atoms with Crippen molar-refractivity contribution in [2.24, 2.45) is 0 Å². The number of nitrogens with one attached hydrogen (secondary N) is 1. The van der Waals surface area contributed by atoms with Gasteiger partial charge in [0.15, 0.2) is 0 Å². The van der Waals surface area contributed by atoms with Gasteiger partial charge >= 0.3 is 0 Å². The third-order valence-electron chi connectivity index (χ3n) is 3.80. The number of amides is 3. The van der Waals surface area contributed by atoms with E-state index in [-0.39, 0.29) is 24.1 Å². The lowest BCUT2D eigenvalue weighted by molar-refractivity contribution is -0.136. The minimum atomic E-state index is -0.535. The predicted octanol–water partition coefficient (Wildman–Crippen LogP) is 1.25. The summed E-state index contributed by atoms with van der Waals surface area (Å²) in [4.78, 5) is 37.2. The lowest BCUT2D eigenvalue weighted by Gasteiger charge is -2.36. The highest BCUT2D eigenvalue weighted by Crippen LogP contribution is 2.28. The molecule has 3 amide bonds. The van der Waals surface area contributed by atoms with Crippen LogP contribution in [0.1, 0.15) is 28.8 Å². The van der Waals surface area contributed by atoms with E-state index in [9.17, 15) is 14.4 Å². The Morgan fingerprint density at radius 2 is 2.00 bits per heavy atom. The Bertz CT molecular complexity index is 614. The summed E-state index contributed by atoms with van der Waals surface area (Å²) in [7, 11) is 0. The SMILES string of the molecule is O=C1CCC(N2CCc3c(Br)cccc3C2=O)C(=O)N1. The minimum absolute atomic E-state index is 0.137. The molecule has 1 unspecified atom stereocenters. The number of carbonyl (C=O) groups excluding carboxylic acids is 3. The molecule has 0 bridgehead atoms. The Labute approximate surface area is 124 Å². The molecule has 0 saturated carbocycles. The number of piperidine rings is 1. The lowest BCUT2D eigenvalue weighted by Crippen LogP contribution is -2.56. The number of imide groups is 1. The van der Waals surface area contributed by atoms with Gasteiger partial charge in [0.2, 0.25) is 11.8 Å². The average Bonchev–Trinajstić information content (AvgIpc) is 2.41. The van der Waals surface area contributed by atoms with E-state index in [1.54, 1.807) is 11.0 Å². The molecule has 0 aromatic heterocycles. The Morgan fingerprint density at radius 3 is 2.75 bits per heavy atom. The molecule has 1 aromatic carbocycles. The van der Waals surface area contributed by atoms with Gasteiger partial charge in [-0.05, 0) is 30.5 Å². The second-order valence-electron chi connectivity index (χ2n) is 4.98. The van der Waals surface area contributed by atoms with Gasteiger partial charge in [-0.1, -0.05) is 22.0 Å². The molecule has 1 saturated heterocycles. The van der Waals surface area contributed by atoms with E-state index in [1.807, 2.05) is 12.1 Å². The number of rotatable bonds is 1. The van der Waals surface area contributed by atoms with Gasteiger partial charge < -0.3 is 4.90 Å². The number of nitrogens with zero attached hydrogens (tertiary/aromatic N) is 1. The van der Waals surface area contributed by atoms with Crippen LogP contribution in [0.25, 0.3) is 0 Å². The Balaban J connectivity index is 1.89. The van der Waals surface area contributed by atoms with Crippen LogP contribution < -0.4 is 5.32 Å². The summed E-state index contributed by atoms with van der Waals surface area (Å²) in [5, 5.41) is 2.30. The van der Waals surface area contributed by atoms with Crippen LogP contribution in [0, 0.1) is 0 Å². The zero-order chi connectivity index (χ0) is 14.3. The molecule has 1 atom stereocenters. The smallest absolute Gasteiger partial charge is 0.254 e. The van der Waals surface area contributed by atoms with Crippen LogP contribution in [0.2, 0.25) is 0 Å². The van der Waals surface area contributed by atoms with Gasteiger partial charge in [-0.3, -0.25) is 19.7 Å². The van der Waals surface area contributed by atoms with Gasteiger partial charge in [0, 0.05) is 23.0 Å². The molecule has 1 aromatic rings. The van der Waals surface area contributed by atoms with Crippen molar-refractivity contribution >= 4 is 33.7 Å². The number of hydrogen-bond donors (Lipinski definition) is 1. The molecule has 2 aliphatic rings. The molecular weight excluding hydrogens is 324 g/mol. The normalized spacial score (nSPS) is 22.6. The van der Waals surface area contributed by atoms with Gasteiger partial charge in [-0.2, -0.15) is 0 Å². The van der Waals surface area contributed by atoms with E-state index >= 15 is 0 Å². The van der Waals surface area contributed by atoms with E-state index in [4.69, 9.17) is 0 Å². The maximum atomic E-state index is 12.5. The van der Waals surface area contributed by atoms with Crippen molar-refractivity contribution in [1.29, 1.82) is 0 Å². The molecule has 6 heteroatoms. The second-order valence-corrected chi connectivity index (χ2v) is 5.84. The van der Waals surface area contributed by atoms with Gasteiger partial charge in [-0.15, -0.1) is 0 Å². The highest BCUT2D eigenvalue weighted by molar-refractivity contribution is 9.10. The molecule has 1 fully saturated rings. The number of benzene rings is 1. The zero-order valence-corrected chi connectivity index (χ0v) is 12.3. The van der Waals surface area contributed by atoms with Crippen molar-refractivity contribution in [3.05, 3.63) is 33.8 Å². The van der Waals surface area contributed by atoms with E-state index in [0.29, 0.717) is 24.9 Å². The van der Waals surface area contributed by atoms with E-state index in [0.717, 1.165) is 10.0 Å². The van der Waals surface area contributed by atoms with Crippen LogP contribution in [0.4, 0.5) is 0 Å². The van der Waals surface area contributed by atoms with Crippen molar-refractivity contribution in [2.45, 2.75) is 25.3 Å². The zero-order valence-electron chi connectivity index (χ0n) is 10.7. The summed E-state index contributed by atoms with van der Waals surface area (Å²) in [5.41, 5.74) is 1.62. The van der Waals surface area contributed by atoms with Crippen molar-refractivity contribution in [2.75, 3.05) is 6.54 Å². The predicted molar refractivity (Wildman–Crippen MR) is 75.1 cm³/mol. The van der Waals surface area contributed by atoms with Gasteiger partial charge in [0.05, 0.1) is 0 Å². The maximum absolute atomic E-state index is 12.5. The van der Waals surface area contributed by atoms with Crippen LogP contribution in [0.3, 0.4) is 0 Å².